The van der Waals surface area contributed by atoms with E-state index in [1.54, 1.807) is 0 Å². The van der Waals surface area contributed by atoms with Crippen molar-refractivity contribution in [2.75, 3.05) is 0 Å². The maximum Gasteiger partial charge on any atom is 0.462 e. The van der Waals surface area contributed by atoms with Crippen LogP contribution in [0.5, 0.6) is 0 Å². The minimum atomic E-state index is -1.02. The largest absolute Gasteiger partial charge is 0.568 e. The van der Waals surface area contributed by atoms with E-state index >= 15 is 0 Å². The monoisotopic (exact) mass is 146 g/mol. The summed E-state index contributed by atoms with van der Waals surface area (Å²) in [5.41, 5.74) is 9.63. The van der Waals surface area contributed by atoms with E-state index in [1.165, 1.54) is 0 Å². The fraction of sp³-hybridized carbons (Fsp3) is 0. The van der Waals surface area contributed by atoms with E-state index in [4.69, 9.17) is 16.6 Å². The van der Waals surface area contributed by atoms with Crippen LogP contribution >= 0.6 is 0 Å². The number of aliphatic hydroxyl groups is 1. The van der Waals surface area contributed by atoms with Crippen molar-refractivity contribution in [1.29, 1.82) is 0 Å². The van der Waals surface area contributed by atoms with E-state index in [1.807, 2.05) is 0 Å². The molecule has 0 saturated carbocycles. The lowest BCUT2D eigenvalue weighted by Gasteiger charge is -2.10. The zero-order valence-electron chi connectivity index (χ0n) is 4.87. The van der Waals surface area contributed by atoms with Crippen LogP contribution in [0.25, 0.3) is 0 Å². The second kappa shape index (κ2) is 1.75. The molecule has 1 atom stereocenters. The summed E-state index contributed by atoms with van der Waals surface area (Å²) in [6, 6.07) is 0. The predicted molar refractivity (Wildman–Crippen MR) is 31.0 cm³/mol. The molecule has 1 aliphatic heterocycles. The molecule has 7 heteroatoms. The number of aliphatic hydroxyl groups excluding tert-OH is 1. The number of hydroxylamine groups is 1. The Hall–Kier alpha value is -1.47. The molecule has 0 aromatic rings. The van der Waals surface area contributed by atoms with Crippen LogP contribution in [0.1, 0.15) is 0 Å². The Balaban J connectivity index is 3.09. The third-order valence-corrected chi connectivity index (χ3v) is 1.14. The predicted octanol–water partition coefficient (Wildman–Crippen LogP) is -3.15. The third kappa shape index (κ3) is 0.582. The van der Waals surface area contributed by atoms with Crippen molar-refractivity contribution in [3.63, 3.8) is 0 Å². The van der Waals surface area contributed by atoms with Crippen molar-refractivity contribution >= 4 is 5.90 Å². The molecule has 1 rings (SSSR count). The van der Waals surface area contributed by atoms with Gasteiger partial charge in [-0.05, 0) is 0 Å². The maximum atomic E-state index is 10.5. The first-order valence-corrected chi connectivity index (χ1v) is 2.38. The summed E-state index contributed by atoms with van der Waals surface area (Å²) >= 11 is 0. The number of nitrogens with zero attached hydrogens (tertiary/aromatic N) is 1. The molecular formula is C3H6N4O3. The molecule has 0 aliphatic carbocycles. The van der Waals surface area contributed by atoms with Crippen molar-refractivity contribution in [3.8, 4) is 0 Å². The molecule has 0 bridgehead atoms. The van der Waals surface area contributed by atoms with Gasteiger partial charge in [0.15, 0.2) is 0 Å². The van der Waals surface area contributed by atoms with E-state index in [0.717, 1.165) is 0 Å². The van der Waals surface area contributed by atoms with Gasteiger partial charge in [-0.2, -0.15) is 0 Å². The van der Waals surface area contributed by atoms with Crippen molar-refractivity contribution in [3.05, 3.63) is 21.9 Å². The fourth-order valence-corrected chi connectivity index (χ4v) is 0.551. The van der Waals surface area contributed by atoms with Gasteiger partial charge in [0, 0.05) is 4.85 Å². The average Bonchev–Trinajstić information content (AvgIpc) is 2.07. The molecule has 1 aliphatic rings. The lowest BCUT2D eigenvalue weighted by atomic mass is 10.5. The molecule has 1 heterocycles. The van der Waals surface area contributed by atoms with Gasteiger partial charge in [-0.15, -0.1) is 0 Å². The number of hydrogen-bond acceptors (Lipinski definition) is 4. The van der Waals surface area contributed by atoms with E-state index in [9.17, 15) is 10.4 Å². The minimum Gasteiger partial charge on any atom is -0.568 e. The molecule has 6 N–H and O–H groups in total. The van der Waals surface area contributed by atoms with E-state index in [2.05, 4.69) is 0 Å². The highest BCUT2D eigenvalue weighted by Crippen LogP contribution is 1.90. The number of hydrogen-bond donors (Lipinski definition) is 4. The number of rotatable bonds is 0. The molecule has 0 radical (unpaired) electrons. The Morgan fingerprint density at radius 2 is 2.00 bits per heavy atom. The number of quaternary nitrogens is 1. The molecule has 0 spiro atoms. The highest BCUT2D eigenvalue weighted by Gasteiger charge is 2.33. The van der Waals surface area contributed by atoms with Crippen LogP contribution in [0, 0.1) is 10.4 Å². The maximum absolute atomic E-state index is 10.5. The summed E-state index contributed by atoms with van der Waals surface area (Å²) in [6.07, 6.45) is 0. The summed E-state index contributed by atoms with van der Waals surface area (Å²) < 4.78 is 0. The van der Waals surface area contributed by atoms with Gasteiger partial charge in [-0.1, -0.05) is 5.17 Å². The molecule has 56 valence electrons. The standard InChI is InChI=1S/C3H6N4O3/c4-1-2(5)6(9)7(10)3(1)8/h6,8H,4-5H2. The molecule has 0 amide bonds. The number of nitrogens with two attached hydrogens (primary N) is 2. The molecule has 7 nitrogen and oxygen atoms in total. The fourth-order valence-electron chi connectivity index (χ4n) is 0.551. The van der Waals surface area contributed by atoms with Gasteiger partial charge in [0.1, 0.15) is 0 Å². The highest BCUT2D eigenvalue weighted by molar-refractivity contribution is 5.87. The van der Waals surface area contributed by atoms with Crippen LogP contribution in [0.2, 0.25) is 0 Å². The van der Waals surface area contributed by atoms with Gasteiger partial charge >= 0.3 is 5.90 Å². The smallest absolute Gasteiger partial charge is 0.462 e. The molecule has 10 heavy (non-hydrogen) atoms. The lowest BCUT2D eigenvalue weighted by Crippen LogP contribution is -3.09. The first-order valence-electron chi connectivity index (χ1n) is 2.38. The first kappa shape index (κ1) is 6.65. The van der Waals surface area contributed by atoms with Crippen LogP contribution in [0.15, 0.2) is 11.5 Å². The Kier molecular flexibility index (Phi) is 1.17. The van der Waals surface area contributed by atoms with E-state index in [0.29, 0.717) is 0 Å². The summed E-state index contributed by atoms with van der Waals surface area (Å²) in [5.74, 6) is -1.24. The zero-order valence-corrected chi connectivity index (χ0v) is 4.87. The van der Waals surface area contributed by atoms with Crippen molar-refractivity contribution in [2.24, 2.45) is 11.5 Å². The van der Waals surface area contributed by atoms with Crippen LogP contribution in [-0.4, -0.2) is 15.9 Å². The highest BCUT2D eigenvalue weighted by atomic mass is 16.7. The van der Waals surface area contributed by atoms with E-state index in [-0.39, 0.29) is 10.5 Å². The molecule has 0 aromatic heterocycles. The molecule has 1 unspecified atom stereocenters. The van der Waals surface area contributed by atoms with Gasteiger partial charge in [-0.25, -0.2) is 0 Å². The summed E-state index contributed by atoms with van der Waals surface area (Å²) in [7, 11) is 0. The summed E-state index contributed by atoms with van der Waals surface area (Å²) in [4.78, 5) is -0.259. The van der Waals surface area contributed by atoms with Crippen molar-refractivity contribution in [2.45, 2.75) is 0 Å². The molecule has 0 saturated heterocycles. The van der Waals surface area contributed by atoms with Gasteiger partial charge in [0.05, 0.1) is 0 Å². The lowest BCUT2D eigenvalue weighted by molar-refractivity contribution is -1.26. The Bertz CT molecular complexity index is 208. The average molecular weight is 146 g/mol. The normalized spacial score (nSPS) is 26.3. The minimum absolute atomic E-state index is 0.259. The Labute approximate surface area is 55.6 Å². The SMILES string of the molecule is NC1=C(N)[NH+]([O-])[N+]([O-])=C1O. The first-order chi connectivity index (χ1) is 4.55. The summed E-state index contributed by atoms with van der Waals surface area (Å²) in [5, 5.41) is 28.5. The molecule has 0 fully saturated rings. The van der Waals surface area contributed by atoms with Crippen molar-refractivity contribution < 1.29 is 15.1 Å². The Morgan fingerprint density at radius 1 is 1.50 bits per heavy atom. The van der Waals surface area contributed by atoms with Crippen molar-refractivity contribution in [1.82, 2.24) is 0 Å². The second-order valence-corrected chi connectivity index (χ2v) is 1.75. The van der Waals surface area contributed by atoms with Crippen LogP contribution < -0.4 is 16.6 Å². The molecule has 0 aromatic carbocycles. The molecular weight excluding hydrogens is 140 g/mol. The van der Waals surface area contributed by atoms with Crippen LogP contribution in [0.3, 0.4) is 0 Å². The second-order valence-electron chi connectivity index (χ2n) is 1.75. The van der Waals surface area contributed by atoms with E-state index < -0.39 is 16.9 Å². The van der Waals surface area contributed by atoms with Gasteiger partial charge < -0.3 is 27.0 Å². The topological polar surface area (TPSA) is 126 Å². The Morgan fingerprint density at radius 3 is 2.10 bits per heavy atom. The van der Waals surface area contributed by atoms with Gasteiger partial charge in [0.25, 0.3) is 5.82 Å². The number of nitrogens with one attached hydrogen (secondary N) is 1. The summed E-state index contributed by atoms with van der Waals surface area (Å²) in [6.45, 7) is 0. The van der Waals surface area contributed by atoms with Gasteiger partial charge in [0.2, 0.25) is 5.70 Å². The van der Waals surface area contributed by atoms with Gasteiger partial charge in [-0.3, -0.25) is 0 Å². The van der Waals surface area contributed by atoms with Crippen LogP contribution in [-0.2, 0) is 0 Å². The quantitative estimate of drug-likeness (QED) is 0.212. The zero-order chi connectivity index (χ0) is 7.89. The van der Waals surface area contributed by atoms with Crippen LogP contribution in [0.4, 0.5) is 0 Å². The third-order valence-electron chi connectivity index (χ3n) is 1.14.